The van der Waals surface area contributed by atoms with Crippen molar-refractivity contribution in [3.05, 3.63) is 65.7 Å². The van der Waals surface area contributed by atoms with Crippen molar-refractivity contribution in [1.82, 2.24) is 10.2 Å². The van der Waals surface area contributed by atoms with Crippen molar-refractivity contribution in [3.8, 4) is 5.75 Å². The smallest absolute Gasteiger partial charge is 0.237 e. The minimum Gasteiger partial charge on any atom is -0.497 e. The summed E-state index contributed by atoms with van der Waals surface area (Å²) in [6, 6.07) is 18.0. The molecule has 1 heterocycles. The molecule has 1 saturated heterocycles. The van der Waals surface area contributed by atoms with Crippen molar-refractivity contribution in [3.63, 3.8) is 0 Å². The predicted octanol–water partition coefficient (Wildman–Crippen LogP) is 2.80. The van der Waals surface area contributed by atoms with E-state index in [0.717, 1.165) is 24.4 Å². The SMILES string of the molecule is COc1cccc(CNC(=O)C(C)N2C[C@@H](CN)[C@H](c3ccccc3)C2)c1.Cl. The summed E-state index contributed by atoms with van der Waals surface area (Å²) in [5.41, 5.74) is 8.35. The van der Waals surface area contributed by atoms with Crippen LogP contribution in [-0.2, 0) is 11.3 Å². The molecule has 5 nitrogen and oxygen atoms in total. The number of nitrogens with two attached hydrogens (primary N) is 1. The maximum absolute atomic E-state index is 12.7. The van der Waals surface area contributed by atoms with Gasteiger partial charge < -0.3 is 15.8 Å². The van der Waals surface area contributed by atoms with Gasteiger partial charge >= 0.3 is 0 Å². The Hall–Kier alpha value is -2.08. The van der Waals surface area contributed by atoms with Crippen LogP contribution in [0.5, 0.6) is 5.75 Å². The molecule has 0 aliphatic carbocycles. The Morgan fingerprint density at radius 3 is 2.64 bits per heavy atom. The molecule has 1 unspecified atom stereocenters. The molecule has 1 aliphatic rings. The molecule has 3 N–H and O–H groups in total. The van der Waals surface area contributed by atoms with E-state index < -0.39 is 0 Å². The lowest BCUT2D eigenvalue weighted by atomic mass is 9.89. The number of hydrogen-bond acceptors (Lipinski definition) is 4. The van der Waals surface area contributed by atoms with Gasteiger partial charge in [-0.2, -0.15) is 0 Å². The largest absolute Gasteiger partial charge is 0.497 e. The van der Waals surface area contributed by atoms with E-state index in [0.29, 0.717) is 24.9 Å². The fraction of sp³-hybridized carbons (Fsp3) is 0.409. The molecule has 0 radical (unpaired) electrons. The van der Waals surface area contributed by atoms with Gasteiger partial charge in [-0.3, -0.25) is 9.69 Å². The van der Waals surface area contributed by atoms with Crippen molar-refractivity contribution in [1.29, 1.82) is 0 Å². The molecule has 3 rings (SSSR count). The van der Waals surface area contributed by atoms with Crippen molar-refractivity contribution in [2.24, 2.45) is 11.7 Å². The lowest BCUT2D eigenvalue weighted by Gasteiger charge is -2.23. The zero-order valence-electron chi connectivity index (χ0n) is 16.5. The van der Waals surface area contributed by atoms with E-state index in [-0.39, 0.29) is 24.4 Å². The van der Waals surface area contributed by atoms with E-state index in [1.165, 1.54) is 5.56 Å². The summed E-state index contributed by atoms with van der Waals surface area (Å²) >= 11 is 0. The number of nitrogens with one attached hydrogen (secondary N) is 1. The third-order valence-electron chi connectivity index (χ3n) is 5.53. The van der Waals surface area contributed by atoms with Gasteiger partial charge in [0, 0.05) is 25.6 Å². The fourth-order valence-electron chi connectivity index (χ4n) is 3.82. The van der Waals surface area contributed by atoms with Gasteiger partial charge in [-0.15, -0.1) is 12.4 Å². The number of hydrogen-bond donors (Lipinski definition) is 2. The Labute approximate surface area is 173 Å². The molecule has 28 heavy (non-hydrogen) atoms. The third-order valence-corrected chi connectivity index (χ3v) is 5.53. The first-order valence-electron chi connectivity index (χ1n) is 9.52. The molecule has 0 saturated carbocycles. The number of nitrogens with zero attached hydrogens (tertiary/aromatic N) is 1. The van der Waals surface area contributed by atoms with Crippen LogP contribution < -0.4 is 15.8 Å². The summed E-state index contributed by atoms with van der Waals surface area (Å²) in [6.45, 7) is 4.82. The number of rotatable bonds is 7. The van der Waals surface area contributed by atoms with Crippen molar-refractivity contribution < 1.29 is 9.53 Å². The van der Waals surface area contributed by atoms with Crippen LogP contribution in [-0.4, -0.2) is 43.6 Å². The highest BCUT2D eigenvalue weighted by atomic mass is 35.5. The fourth-order valence-corrected chi connectivity index (χ4v) is 3.82. The Morgan fingerprint density at radius 1 is 1.21 bits per heavy atom. The zero-order valence-corrected chi connectivity index (χ0v) is 17.3. The number of ether oxygens (including phenoxy) is 1. The first-order chi connectivity index (χ1) is 13.1. The lowest BCUT2D eigenvalue weighted by molar-refractivity contribution is -0.125. The van der Waals surface area contributed by atoms with Gasteiger partial charge in [0.05, 0.1) is 13.2 Å². The number of carbonyl (C=O) groups is 1. The van der Waals surface area contributed by atoms with Crippen LogP contribution in [0.4, 0.5) is 0 Å². The highest BCUT2D eigenvalue weighted by molar-refractivity contribution is 5.85. The van der Waals surface area contributed by atoms with Crippen LogP contribution in [0.15, 0.2) is 54.6 Å². The molecule has 152 valence electrons. The van der Waals surface area contributed by atoms with Crippen LogP contribution >= 0.6 is 12.4 Å². The third kappa shape index (κ3) is 5.25. The van der Waals surface area contributed by atoms with Crippen molar-refractivity contribution >= 4 is 18.3 Å². The first kappa shape index (κ1) is 22.2. The summed E-state index contributed by atoms with van der Waals surface area (Å²) in [5, 5.41) is 3.05. The Morgan fingerprint density at radius 2 is 1.96 bits per heavy atom. The van der Waals surface area contributed by atoms with E-state index in [4.69, 9.17) is 10.5 Å². The molecular formula is C22H30ClN3O2. The monoisotopic (exact) mass is 403 g/mol. The Kier molecular flexibility index (Phi) is 8.30. The van der Waals surface area contributed by atoms with Crippen LogP contribution in [0, 0.1) is 5.92 Å². The minimum absolute atomic E-state index is 0. The number of benzene rings is 2. The molecule has 6 heteroatoms. The van der Waals surface area contributed by atoms with E-state index >= 15 is 0 Å². The molecule has 0 aromatic heterocycles. The first-order valence-corrected chi connectivity index (χ1v) is 9.52. The molecule has 2 aromatic carbocycles. The van der Waals surface area contributed by atoms with E-state index in [1.54, 1.807) is 7.11 Å². The van der Waals surface area contributed by atoms with Gasteiger partial charge in [0.2, 0.25) is 5.91 Å². The average Bonchev–Trinajstić information content (AvgIpc) is 3.16. The number of carbonyl (C=O) groups excluding carboxylic acids is 1. The molecule has 2 aromatic rings. The Bertz CT molecular complexity index is 756. The molecule has 0 bridgehead atoms. The maximum Gasteiger partial charge on any atom is 0.237 e. The summed E-state index contributed by atoms with van der Waals surface area (Å²) in [4.78, 5) is 14.9. The second kappa shape index (κ2) is 10.5. The van der Waals surface area contributed by atoms with Crippen LogP contribution in [0.3, 0.4) is 0 Å². The van der Waals surface area contributed by atoms with E-state index in [1.807, 2.05) is 37.3 Å². The summed E-state index contributed by atoms with van der Waals surface area (Å²) in [5.74, 6) is 1.60. The van der Waals surface area contributed by atoms with Crippen LogP contribution in [0.1, 0.15) is 24.0 Å². The van der Waals surface area contributed by atoms with Gasteiger partial charge in [0.15, 0.2) is 0 Å². The van der Waals surface area contributed by atoms with Crippen molar-refractivity contribution in [2.75, 3.05) is 26.7 Å². The summed E-state index contributed by atoms with van der Waals surface area (Å²) < 4.78 is 5.24. The maximum atomic E-state index is 12.7. The number of likely N-dealkylation sites (tertiary alicyclic amines) is 1. The second-order valence-electron chi connectivity index (χ2n) is 7.21. The number of methoxy groups -OCH3 is 1. The molecule has 3 atom stereocenters. The molecule has 0 spiro atoms. The van der Waals surface area contributed by atoms with Gasteiger partial charge in [-0.05, 0) is 42.6 Å². The molecule has 1 fully saturated rings. The van der Waals surface area contributed by atoms with Crippen molar-refractivity contribution in [2.45, 2.75) is 25.4 Å². The van der Waals surface area contributed by atoms with Gasteiger partial charge in [0.25, 0.3) is 0 Å². The summed E-state index contributed by atoms with van der Waals surface area (Å²) in [6.07, 6.45) is 0. The molecule has 1 aliphatic heterocycles. The highest BCUT2D eigenvalue weighted by Gasteiger charge is 2.36. The van der Waals surface area contributed by atoms with Crippen LogP contribution in [0.25, 0.3) is 0 Å². The number of halogens is 1. The molecular weight excluding hydrogens is 374 g/mol. The highest BCUT2D eigenvalue weighted by Crippen LogP contribution is 2.33. The topological polar surface area (TPSA) is 67.6 Å². The summed E-state index contributed by atoms with van der Waals surface area (Å²) in [7, 11) is 1.64. The minimum atomic E-state index is -0.182. The standard InChI is InChI=1S/C22H29N3O2.ClH/c1-16(22(26)24-13-17-7-6-10-20(11-17)27-2)25-14-19(12-23)21(15-25)18-8-4-3-5-9-18;/h3-11,16,19,21H,12-15,23H2,1-2H3,(H,24,26);1H/t16?,19-,21+;/m1./s1. The quantitative estimate of drug-likeness (QED) is 0.746. The second-order valence-corrected chi connectivity index (χ2v) is 7.21. The zero-order chi connectivity index (χ0) is 19.2. The van der Waals surface area contributed by atoms with E-state index in [2.05, 4.69) is 34.5 Å². The predicted molar refractivity (Wildman–Crippen MR) is 115 cm³/mol. The molecule has 1 amide bonds. The number of amides is 1. The van der Waals surface area contributed by atoms with Gasteiger partial charge in [0.1, 0.15) is 5.75 Å². The van der Waals surface area contributed by atoms with Gasteiger partial charge in [-0.1, -0.05) is 42.5 Å². The van der Waals surface area contributed by atoms with Crippen LogP contribution in [0.2, 0.25) is 0 Å². The Balaban J connectivity index is 0.00000280. The normalized spacial score (nSPS) is 20.2. The average molecular weight is 404 g/mol. The van der Waals surface area contributed by atoms with Gasteiger partial charge in [-0.25, -0.2) is 0 Å². The van der Waals surface area contributed by atoms with E-state index in [9.17, 15) is 4.79 Å². The lowest BCUT2D eigenvalue weighted by Crippen LogP contribution is -2.44.